The van der Waals surface area contributed by atoms with Gasteiger partial charge in [-0.2, -0.15) is 0 Å². The Morgan fingerprint density at radius 2 is 1.89 bits per heavy atom. The molecule has 0 unspecified atom stereocenters. The zero-order valence-corrected chi connectivity index (χ0v) is 10.3. The Bertz CT molecular complexity index is 735. The Hall–Kier alpha value is -2.69. The van der Waals surface area contributed by atoms with E-state index in [1.807, 2.05) is 36.4 Å². The van der Waals surface area contributed by atoms with E-state index >= 15 is 0 Å². The molecule has 19 heavy (non-hydrogen) atoms. The number of aromatic nitrogens is 3. The Kier molecular flexibility index (Phi) is 2.72. The summed E-state index contributed by atoms with van der Waals surface area (Å²) in [5.41, 5.74) is 2.83. The number of carbonyl (C=O) groups is 1. The van der Waals surface area contributed by atoms with Crippen molar-refractivity contribution in [3.63, 3.8) is 0 Å². The summed E-state index contributed by atoms with van der Waals surface area (Å²) in [6.07, 6.45) is 0. The molecule has 0 spiro atoms. The molecule has 2 heterocycles. The van der Waals surface area contributed by atoms with Gasteiger partial charge in [-0.25, -0.2) is 9.31 Å². The van der Waals surface area contributed by atoms with E-state index in [0.717, 1.165) is 16.8 Å². The minimum absolute atomic E-state index is 0.356. The summed E-state index contributed by atoms with van der Waals surface area (Å²) in [7, 11) is 1.34. The summed E-state index contributed by atoms with van der Waals surface area (Å²) < 4.78 is 6.23. The molecule has 0 bridgehead atoms. The predicted octanol–water partition coefficient (Wildman–Crippen LogP) is 2.18. The van der Waals surface area contributed by atoms with Crippen LogP contribution in [0.3, 0.4) is 0 Å². The molecule has 0 N–H and O–H groups in total. The SMILES string of the molecule is COC(=O)c1cccc2c(-c3ccccc3)nnn12. The van der Waals surface area contributed by atoms with Crippen molar-refractivity contribution in [1.82, 2.24) is 14.8 Å². The van der Waals surface area contributed by atoms with Gasteiger partial charge in [0.1, 0.15) is 5.69 Å². The number of hydrogen-bond donors (Lipinski definition) is 0. The predicted molar refractivity (Wildman–Crippen MR) is 69.8 cm³/mol. The number of nitrogens with zero attached hydrogens (tertiary/aromatic N) is 3. The van der Waals surface area contributed by atoms with E-state index in [-0.39, 0.29) is 0 Å². The minimum Gasteiger partial charge on any atom is -0.464 e. The molecule has 94 valence electrons. The summed E-state index contributed by atoms with van der Waals surface area (Å²) in [5, 5.41) is 8.18. The fourth-order valence-corrected chi connectivity index (χ4v) is 1.98. The highest BCUT2D eigenvalue weighted by molar-refractivity contribution is 5.89. The van der Waals surface area contributed by atoms with E-state index < -0.39 is 5.97 Å². The number of carbonyl (C=O) groups excluding carboxylic acids is 1. The lowest BCUT2D eigenvalue weighted by Crippen LogP contribution is -2.08. The van der Waals surface area contributed by atoms with Gasteiger partial charge in [0, 0.05) is 5.56 Å². The maximum absolute atomic E-state index is 11.7. The van der Waals surface area contributed by atoms with Gasteiger partial charge in [-0.05, 0) is 12.1 Å². The third-order valence-corrected chi connectivity index (χ3v) is 2.88. The van der Waals surface area contributed by atoms with Crippen LogP contribution in [0.5, 0.6) is 0 Å². The second-order valence-electron chi connectivity index (χ2n) is 4.00. The monoisotopic (exact) mass is 253 g/mol. The van der Waals surface area contributed by atoms with Crippen LogP contribution >= 0.6 is 0 Å². The molecule has 5 nitrogen and oxygen atoms in total. The molecule has 0 aliphatic rings. The number of rotatable bonds is 2. The number of ether oxygens (including phenoxy) is 1. The molecule has 0 atom stereocenters. The third-order valence-electron chi connectivity index (χ3n) is 2.88. The largest absolute Gasteiger partial charge is 0.464 e. The lowest BCUT2D eigenvalue weighted by Gasteiger charge is -2.02. The lowest BCUT2D eigenvalue weighted by molar-refractivity contribution is 0.0590. The molecule has 0 amide bonds. The van der Waals surface area contributed by atoms with E-state index in [1.165, 1.54) is 11.6 Å². The van der Waals surface area contributed by atoms with Gasteiger partial charge in [0.2, 0.25) is 0 Å². The van der Waals surface area contributed by atoms with Crippen molar-refractivity contribution in [2.24, 2.45) is 0 Å². The zero-order chi connectivity index (χ0) is 13.2. The van der Waals surface area contributed by atoms with E-state index in [4.69, 9.17) is 4.74 Å². The molecule has 0 radical (unpaired) electrons. The first kappa shape index (κ1) is 11.4. The molecule has 3 aromatic rings. The topological polar surface area (TPSA) is 56.5 Å². The Morgan fingerprint density at radius 3 is 2.63 bits per heavy atom. The van der Waals surface area contributed by atoms with Gasteiger partial charge in [0.25, 0.3) is 0 Å². The van der Waals surface area contributed by atoms with Crippen molar-refractivity contribution >= 4 is 11.5 Å². The fourth-order valence-electron chi connectivity index (χ4n) is 1.98. The van der Waals surface area contributed by atoms with Crippen molar-refractivity contribution in [2.45, 2.75) is 0 Å². The Morgan fingerprint density at radius 1 is 1.11 bits per heavy atom. The van der Waals surface area contributed by atoms with E-state index in [1.54, 1.807) is 12.1 Å². The van der Waals surface area contributed by atoms with E-state index in [0.29, 0.717) is 5.69 Å². The van der Waals surface area contributed by atoms with Crippen molar-refractivity contribution < 1.29 is 9.53 Å². The van der Waals surface area contributed by atoms with Crippen LogP contribution in [0.2, 0.25) is 0 Å². The molecule has 0 aliphatic heterocycles. The number of fused-ring (bicyclic) bond motifs is 1. The van der Waals surface area contributed by atoms with E-state index in [2.05, 4.69) is 10.3 Å². The average Bonchev–Trinajstić information content (AvgIpc) is 2.91. The van der Waals surface area contributed by atoms with Crippen LogP contribution in [-0.4, -0.2) is 27.9 Å². The number of pyridine rings is 1. The second-order valence-corrected chi connectivity index (χ2v) is 4.00. The van der Waals surface area contributed by atoms with Crippen molar-refractivity contribution in [3.8, 4) is 11.3 Å². The minimum atomic E-state index is -0.435. The summed E-state index contributed by atoms with van der Waals surface area (Å²) in [5.74, 6) is -0.435. The zero-order valence-electron chi connectivity index (χ0n) is 10.3. The van der Waals surface area contributed by atoms with Crippen LogP contribution in [0.4, 0.5) is 0 Å². The molecule has 0 saturated heterocycles. The summed E-state index contributed by atoms with van der Waals surface area (Å²) in [6.45, 7) is 0. The normalized spacial score (nSPS) is 10.6. The van der Waals surface area contributed by atoms with Crippen molar-refractivity contribution in [3.05, 3.63) is 54.2 Å². The van der Waals surface area contributed by atoms with Gasteiger partial charge in [0.15, 0.2) is 5.69 Å². The van der Waals surface area contributed by atoms with Crippen LogP contribution in [0.1, 0.15) is 10.5 Å². The van der Waals surface area contributed by atoms with Gasteiger partial charge in [-0.1, -0.05) is 41.6 Å². The molecule has 2 aromatic heterocycles. The highest BCUT2D eigenvalue weighted by Crippen LogP contribution is 2.22. The molecule has 0 saturated carbocycles. The number of methoxy groups -OCH3 is 1. The summed E-state index contributed by atoms with van der Waals surface area (Å²) >= 11 is 0. The highest BCUT2D eigenvalue weighted by Gasteiger charge is 2.15. The molecular formula is C14H11N3O2. The number of benzene rings is 1. The van der Waals surface area contributed by atoms with E-state index in [9.17, 15) is 4.79 Å². The smallest absolute Gasteiger partial charge is 0.356 e. The van der Waals surface area contributed by atoms with Crippen LogP contribution in [0.15, 0.2) is 48.5 Å². The van der Waals surface area contributed by atoms with Crippen LogP contribution in [0.25, 0.3) is 16.8 Å². The number of hydrogen-bond acceptors (Lipinski definition) is 4. The molecule has 5 heteroatoms. The van der Waals surface area contributed by atoms with Crippen LogP contribution < -0.4 is 0 Å². The third kappa shape index (κ3) is 1.85. The maximum Gasteiger partial charge on any atom is 0.356 e. The average molecular weight is 253 g/mol. The molecule has 0 aliphatic carbocycles. The first-order valence-corrected chi connectivity index (χ1v) is 5.79. The fraction of sp³-hybridized carbons (Fsp3) is 0.0714. The quantitative estimate of drug-likeness (QED) is 0.657. The molecule has 1 aromatic carbocycles. The van der Waals surface area contributed by atoms with Gasteiger partial charge < -0.3 is 4.74 Å². The van der Waals surface area contributed by atoms with Crippen molar-refractivity contribution in [1.29, 1.82) is 0 Å². The first-order valence-electron chi connectivity index (χ1n) is 5.79. The standard InChI is InChI=1S/C14H11N3O2/c1-19-14(18)12-9-5-8-11-13(15-16-17(11)12)10-6-3-2-4-7-10/h2-9H,1H3. The molecule has 3 rings (SSSR count). The van der Waals surface area contributed by atoms with Crippen molar-refractivity contribution in [2.75, 3.05) is 7.11 Å². The molecular weight excluding hydrogens is 242 g/mol. The first-order chi connectivity index (χ1) is 9.31. The van der Waals surface area contributed by atoms with Gasteiger partial charge in [-0.15, -0.1) is 5.10 Å². The Labute approximate surface area is 109 Å². The van der Waals surface area contributed by atoms with Crippen LogP contribution in [-0.2, 0) is 4.74 Å². The van der Waals surface area contributed by atoms with Gasteiger partial charge >= 0.3 is 5.97 Å². The second kappa shape index (κ2) is 4.53. The highest BCUT2D eigenvalue weighted by atomic mass is 16.5. The van der Waals surface area contributed by atoms with Crippen LogP contribution in [0, 0.1) is 0 Å². The van der Waals surface area contributed by atoms with Gasteiger partial charge in [-0.3, -0.25) is 0 Å². The maximum atomic E-state index is 11.7. The Balaban J connectivity index is 2.23. The number of esters is 1. The summed E-state index contributed by atoms with van der Waals surface area (Å²) in [6, 6.07) is 15.0. The lowest BCUT2D eigenvalue weighted by atomic mass is 10.1. The van der Waals surface area contributed by atoms with Gasteiger partial charge in [0.05, 0.1) is 12.6 Å². The summed E-state index contributed by atoms with van der Waals surface area (Å²) in [4.78, 5) is 11.7. The molecule has 0 fully saturated rings.